The molecule has 242 valence electrons. The molecule has 0 fully saturated rings. The van der Waals surface area contributed by atoms with E-state index in [2.05, 4.69) is 0 Å². The summed E-state index contributed by atoms with van der Waals surface area (Å²) in [5.74, 6) is 4.84. The molecule has 2 atom stereocenters. The third kappa shape index (κ3) is 6.93. The third-order valence-electron chi connectivity index (χ3n) is 8.30. The van der Waals surface area contributed by atoms with Crippen LogP contribution in [0.25, 0.3) is 0 Å². The van der Waals surface area contributed by atoms with Crippen LogP contribution in [0.2, 0.25) is 5.02 Å². The van der Waals surface area contributed by atoms with Gasteiger partial charge in [-0.15, -0.1) is 11.8 Å². The quantitative estimate of drug-likeness (QED) is 0.182. The van der Waals surface area contributed by atoms with Crippen LogP contribution in [0.4, 0.5) is 13.2 Å². The maximum atomic E-state index is 14.4. The van der Waals surface area contributed by atoms with Crippen molar-refractivity contribution >= 4 is 29.3 Å². The zero-order valence-corrected chi connectivity index (χ0v) is 27.3. The molecule has 46 heavy (non-hydrogen) atoms. The molecule has 3 aromatic carbocycles. The molecule has 1 aliphatic heterocycles. The molecule has 0 saturated carbocycles. The van der Waals surface area contributed by atoms with Crippen LogP contribution in [0.1, 0.15) is 77.3 Å². The first-order chi connectivity index (χ1) is 21.9. The van der Waals surface area contributed by atoms with Gasteiger partial charge in [0, 0.05) is 39.9 Å². The lowest BCUT2D eigenvalue weighted by molar-refractivity contribution is -0.172. The lowest BCUT2D eigenvalue weighted by atomic mass is 9.85. The summed E-state index contributed by atoms with van der Waals surface area (Å²) < 4.78 is 50.1. The Labute approximate surface area is 275 Å². The van der Waals surface area contributed by atoms with Crippen molar-refractivity contribution in [3.63, 3.8) is 0 Å². The predicted octanol–water partition coefficient (Wildman–Crippen LogP) is 8.14. The number of carbonyl (C=O) groups is 1. The fourth-order valence-electron chi connectivity index (χ4n) is 5.77. The van der Waals surface area contributed by atoms with Crippen LogP contribution < -0.4 is 16.0 Å². The summed E-state index contributed by atoms with van der Waals surface area (Å²) in [4.78, 5) is 29.7. The molecule has 0 radical (unpaired) electrons. The second-order valence-corrected chi connectivity index (χ2v) is 13.0. The number of nitrogens with two attached hydrogens (primary N) is 1. The van der Waals surface area contributed by atoms with Gasteiger partial charge in [-0.1, -0.05) is 86.1 Å². The Morgan fingerprint density at radius 1 is 1.07 bits per heavy atom. The SMILES string of the molecule is CC(C)c1cn(N)c(C(=O)N(CC[C@@H]2c3ccccc3SCc3cccc(Cl)c32)[C@H](C)C(F)(F)F)c(OCc2ccccc2)c1=O. The van der Waals surface area contributed by atoms with E-state index in [1.165, 1.54) is 6.20 Å². The van der Waals surface area contributed by atoms with Crippen LogP contribution in [0, 0.1) is 0 Å². The van der Waals surface area contributed by atoms with Crippen LogP contribution in [0.5, 0.6) is 5.75 Å². The van der Waals surface area contributed by atoms with Crippen LogP contribution in [0.3, 0.4) is 0 Å². The zero-order valence-electron chi connectivity index (χ0n) is 25.7. The molecule has 1 aliphatic rings. The molecule has 4 aromatic rings. The molecule has 11 heteroatoms. The van der Waals surface area contributed by atoms with Crippen molar-refractivity contribution in [1.29, 1.82) is 0 Å². The van der Waals surface area contributed by atoms with Crippen molar-refractivity contribution < 1.29 is 22.7 Å². The molecule has 5 rings (SSSR count). The van der Waals surface area contributed by atoms with Gasteiger partial charge in [-0.2, -0.15) is 13.2 Å². The van der Waals surface area contributed by atoms with Gasteiger partial charge >= 0.3 is 6.18 Å². The van der Waals surface area contributed by atoms with Gasteiger partial charge in [0.15, 0.2) is 11.4 Å². The first-order valence-corrected chi connectivity index (χ1v) is 16.3. The van der Waals surface area contributed by atoms with E-state index in [0.29, 0.717) is 16.3 Å². The number of alkyl halides is 3. The number of benzene rings is 3. The van der Waals surface area contributed by atoms with Gasteiger partial charge in [0.2, 0.25) is 5.43 Å². The molecular weight excluding hydrogens is 635 g/mol. The van der Waals surface area contributed by atoms with Crippen molar-refractivity contribution in [2.45, 2.75) is 68.5 Å². The lowest BCUT2D eigenvalue weighted by Gasteiger charge is -2.33. The summed E-state index contributed by atoms with van der Waals surface area (Å²) >= 11 is 8.36. The van der Waals surface area contributed by atoms with Gasteiger partial charge in [-0.05, 0) is 53.6 Å². The number of carbonyl (C=O) groups excluding carboxylic acids is 1. The Kier molecular flexibility index (Phi) is 10.1. The molecule has 0 spiro atoms. The molecule has 1 amide bonds. The van der Waals surface area contributed by atoms with E-state index < -0.39 is 29.2 Å². The highest BCUT2D eigenvalue weighted by Crippen LogP contribution is 2.45. The highest BCUT2D eigenvalue weighted by Gasteiger charge is 2.44. The smallest absolute Gasteiger partial charge is 0.408 e. The Morgan fingerprint density at radius 2 is 1.76 bits per heavy atom. The zero-order chi connectivity index (χ0) is 33.2. The number of halogens is 4. The molecule has 2 heterocycles. The van der Waals surface area contributed by atoms with Crippen molar-refractivity contribution in [3.05, 3.63) is 128 Å². The number of rotatable bonds is 9. The summed E-state index contributed by atoms with van der Waals surface area (Å²) in [5, 5.41) is 0.512. The number of nitrogens with zero attached hydrogens (tertiary/aromatic N) is 2. The molecule has 1 aromatic heterocycles. The minimum absolute atomic E-state index is 0.0848. The molecule has 0 aliphatic carbocycles. The number of hydrogen-bond donors (Lipinski definition) is 1. The Balaban J connectivity index is 1.58. The van der Waals surface area contributed by atoms with E-state index in [0.717, 1.165) is 38.1 Å². The number of thioether (sulfide) groups is 1. The number of fused-ring (bicyclic) bond motifs is 2. The van der Waals surface area contributed by atoms with Crippen molar-refractivity contribution in [1.82, 2.24) is 9.58 Å². The topological polar surface area (TPSA) is 77.6 Å². The summed E-state index contributed by atoms with van der Waals surface area (Å²) in [5.41, 5.74) is 2.68. The number of ether oxygens (including phenoxy) is 1. The second-order valence-electron chi connectivity index (χ2n) is 11.6. The molecule has 0 saturated heterocycles. The Hall–Kier alpha value is -3.89. The Bertz CT molecular complexity index is 1780. The van der Waals surface area contributed by atoms with Gasteiger partial charge in [-0.25, -0.2) is 0 Å². The lowest BCUT2D eigenvalue weighted by Crippen LogP contribution is -2.49. The minimum atomic E-state index is -4.76. The van der Waals surface area contributed by atoms with E-state index in [1.807, 2.05) is 42.5 Å². The minimum Gasteiger partial charge on any atom is -0.482 e. The fourth-order valence-corrected chi connectivity index (χ4v) is 7.21. The summed E-state index contributed by atoms with van der Waals surface area (Å²) in [6.45, 7) is 4.11. The van der Waals surface area contributed by atoms with Crippen LogP contribution in [0.15, 0.2) is 88.7 Å². The van der Waals surface area contributed by atoms with Crippen LogP contribution in [-0.2, 0) is 12.4 Å². The number of aromatic nitrogens is 1. The van der Waals surface area contributed by atoms with Gasteiger partial charge in [0.05, 0.1) is 0 Å². The van der Waals surface area contributed by atoms with Gasteiger partial charge in [0.25, 0.3) is 5.91 Å². The third-order valence-corrected chi connectivity index (χ3v) is 9.77. The first-order valence-electron chi connectivity index (χ1n) is 15.0. The Morgan fingerprint density at radius 3 is 2.46 bits per heavy atom. The highest BCUT2D eigenvalue weighted by molar-refractivity contribution is 7.98. The first kappa shape index (κ1) is 33.5. The summed E-state index contributed by atoms with van der Waals surface area (Å²) in [6.07, 6.45) is -3.33. The largest absolute Gasteiger partial charge is 0.482 e. The average molecular weight is 670 g/mol. The average Bonchev–Trinajstić information content (AvgIpc) is 3.18. The molecule has 6 nitrogen and oxygen atoms in total. The van der Waals surface area contributed by atoms with Gasteiger partial charge in [-0.3, -0.25) is 14.3 Å². The number of nitrogen functional groups attached to an aromatic ring is 1. The van der Waals surface area contributed by atoms with E-state index in [4.69, 9.17) is 22.2 Å². The van der Waals surface area contributed by atoms with Crippen LogP contribution in [-0.4, -0.2) is 34.2 Å². The number of hydrogen-bond acceptors (Lipinski definition) is 5. The maximum Gasteiger partial charge on any atom is 0.408 e. The molecule has 0 bridgehead atoms. The molecule has 2 N–H and O–H groups in total. The fraction of sp³-hybridized carbons (Fsp3) is 0.314. The summed E-state index contributed by atoms with van der Waals surface area (Å²) in [7, 11) is 0. The molecule has 0 unspecified atom stereocenters. The van der Waals surface area contributed by atoms with Gasteiger partial charge in [0.1, 0.15) is 12.6 Å². The normalized spacial score (nSPS) is 15.1. The standard InChI is InChI=1S/C35H35ClF3N3O3S/c1-21(2)27-18-42(40)31(33(32(27)43)45-19-23-10-5-4-6-11-23)34(44)41(22(3)35(37,38)39)17-16-26-25-13-7-8-15-29(25)46-20-24-12-9-14-28(36)30(24)26/h4-15,18,21-22,26H,16-17,19-20,40H2,1-3H3/t22-,26-/m1/s1. The number of amides is 1. The van der Waals surface area contributed by atoms with E-state index >= 15 is 0 Å². The molecular formula is C35H35ClF3N3O3S. The maximum absolute atomic E-state index is 14.4. The monoisotopic (exact) mass is 669 g/mol. The van der Waals surface area contributed by atoms with Crippen molar-refractivity contribution in [3.8, 4) is 5.75 Å². The van der Waals surface area contributed by atoms with E-state index in [-0.39, 0.29) is 42.7 Å². The van der Waals surface area contributed by atoms with E-state index in [9.17, 15) is 22.8 Å². The second kappa shape index (κ2) is 13.8. The van der Waals surface area contributed by atoms with Crippen molar-refractivity contribution in [2.75, 3.05) is 12.4 Å². The van der Waals surface area contributed by atoms with Gasteiger partial charge < -0.3 is 15.5 Å². The van der Waals surface area contributed by atoms with E-state index in [1.54, 1.807) is 55.9 Å². The predicted molar refractivity (Wildman–Crippen MR) is 176 cm³/mol. The van der Waals surface area contributed by atoms with Crippen LogP contribution >= 0.6 is 23.4 Å². The number of pyridine rings is 1. The highest BCUT2D eigenvalue weighted by atomic mass is 35.5. The summed E-state index contributed by atoms with van der Waals surface area (Å²) in [6, 6.07) is 20.1. The van der Waals surface area contributed by atoms with Crippen molar-refractivity contribution in [2.24, 2.45) is 0 Å².